The third-order valence-electron chi connectivity index (χ3n) is 5.56. The Morgan fingerprint density at radius 3 is 2.88 bits per heavy atom. The summed E-state index contributed by atoms with van der Waals surface area (Å²) in [7, 11) is 0. The van der Waals surface area contributed by atoms with Gasteiger partial charge in [-0.2, -0.15) is 0 Å². The SMILES string of the molecule is O=c1c2ccccc2nc(C2CCCN2Cc2cnsc2)n1CC1CC1. The van der Waals surface area contributed by atoms with Crippen molar-refractivity contribution in [2.45, 2.75) is 44.8 Å². The largest absolute Gasteiger partial charge is 0.295 e. The molecule has 1 aliphatic heterocycles. The molecule has 3 heterocycles. The standard InChI is InChI=1S/C20H22N4OS/c25-20-16-4-1-2-5-17(16)22-19(24(20)12-14-7-8-14)18-6-3-9-23(18)11-15-10-21-26-13-15/h1-2,4-5,10,13-14,18H,3,6-9,11-12H2. The summed E-state index contributed by atoms with van der Waals surface area (Å²) in [5, 5.41) is 2.85. The second-order valence-electron chi connectivity index (χ2n) is 7.51. The minimum atomic E-state index is 0.126. The monoisotopic (exact) mass is 366 g/mol. The number of para-hydroxylation sites is 1. The zero-order valence-corrected chi connectivity index (χ0v) is 15.5. The highest BCUT2D eigenvalue weighted by Gasteiger charge is 2.32. The van der Waals surface area contributed by atoms with Gasteiger partial charge >= 0.3 is 0 Å². The van der Waals surface area contributed by atoms with E-state index in [4.69, 9.17) is 4.98 Å². The smallest absolute Gasteiger partial charge is 0.261 e. The first-order chi connectivity index (χ1) is 12.8. The van der Waals surface area contributed by atoms with Gasteiger partial charge < -0.3 is 0 Å². The molecule has 1 saturated carbocycles. The van der Waals surface area contributed by atoms with Crippen molar-refractivity contribution >= 4 is 22.4 Å². The Labute approximate surface area is 156 Å². The molecule has 26 heavy (non-hydrogen) atoms. The molecule has 0 amide bonds. The number of benzene rings is 1. The van der Waals surface area contributed by atoms with Crippen LogP contribution in [-0.2, 0) is 13.1 Å². The predicted octanol–water partition coefficient (Wildman–Crippen LogP) is 3.60. The van der Waals surface area contributed by atoms with Gasteiger partial charge in [0.2, 0.25) is 0 Å². The van der Waals surface area contributed by atoms with E-state index in [1.165, 1.54) is 29.9 Å². The molecule has 1 aliphatic carbocycles. The number of fused-ring (bicyclic) bond motifs is 1. The third-order valence-corrected chi connectivity index (χ3v) is 6.19. The fourth-order valence-electron chi connectivity index (χ4n) is 4.02. The number of aromatic nitrogens is 3. The molecule has 0 bridgehead atoms. The van der Waals surface area contributed by atoms with Gasteiger partial charge in [-0.15, -0.1) is 0 Å². The number of hydrogen-bond donors (Lipinski definition) is 0. The molecule has 0 spiro atoms. The molecule has 1 saturated heterocycles. The van der Waals surface area contributed by atoms with Crippen LogP contribution in [0.5, 0.6) is 0 Å². The summed E-state index contributed by atoms with van der Waals surface area (Å²) in [6.07, 6.45) is 6.62. The average Bonchev–Trinajstić information content (AvgIpc) is 3.13. The summed E-state index contributed by atoms with van der Waals surface area (Å²) in [6, 6.07) is 7.97. The van der Waals surface area contributed by atoms with Crippen LogP contribution in [0.25, 0.3) is 10.9 Å². The van der Waals surface area contributed by atoms with Crippen molar-refractivity contribution in [2.24, 2.45) is 5.92 Å². The molecule has 1 aromatic carbocycles. The molecule has 3 aromatic rings. The molecule has 2 fully saturated rings. The van der Waals surface area contributed by atoms with Crippen molar-refractivity contribution in [1.29, 1.82) is 0 Å². The van der Waals surface area contributed by atoms with Crippen molar-refractivity contribution in [1.82, 2.24) is 18.8 Å². The summed E-state index contributed by atoms with van der Waals surface area (Å²) in [5.74, 6) is 1.60. The number of hydrogen-bond acceptors (Lipinski definition) is 5. The molecule has 6 heteroatoms. The van der Waals surface area contributed by atoms with Crippen LogP contribution in [-0.4, -0.2) is 25.4 Å². The van der Waals surface area contributed by atoms with Gasteiger partial charge in [-0.25, -0.2) is 9.36 Å². The van der Waals surface area contributed by atoms with Crippen molar-refractivity contribution in [3.63, 3.8) is 0 Å². The van der Waals surface area contributed by atoms with Gasteiger partial charge in [0.25, 0.3) is 5.56 Å². The molecule has 134 valence electrons. The maximum atomic E-state index is 13.2. The second kappa shape index (κ2) is 6.59. The minimum Gasteiger partial charge on any atom is -0.295 e. The molecule has 1 unspecified atom stereocenters. The van der Waals surface area contributed by atoms with E-state index in [1.807, 2.05) is 35.0 Å². The molecule has 0 radical (unpaired) electrons. The van der Waals surface area contributed by atoms with Crippen LogP contribution in [0.3, 0.4) is 0 Å². The molecule has 5 nitrogen and oxygen atoms in total. The third kappa shape index (κ3) is 2.97. The molecular weight excluding hydrogens is 344 g/mol. The van der Waals surface area contributed by atoms with Gasteiger partial charge in [0, 0.05) is 24.7 Å². The Hall–Kier alpha value is -2.05. The van der Waals surface area contributed by atoms with Crippen molar-refractivity contribution < 1.29 is 0 Å². The highest BCUT2D eigenvalue weighted by atomic mass is 32.1. The average molecular weight is 366 g/mol. The summed E-state index contributed by atoms with van der Waals surface area (Å²) in [4.78, 5) is 20.6. The van der Waals surface area contributed by atoms with Gasteiger partial charge in [-0.1, -0.05) is 12.1 Å². The van der Waals surface area contributed by atoms with Crippen LogP contribution >= 0.6 is 11.5 Å². The van der Waals surface area contributed by atoms with Crippen LogP contribution < -0.4 is 5.56 Å². The van der Waals surface area contributed by atoms with E-state index in [1.54, 1.807) is 0 Å². The van der Waals surface area contributed by atoms with Crippen LogP contribution in [0.1, 0.15) is 43.1 Å². The molecule has 2 aromatic heterocycles. The topological polar surface area (TPSA) is 51.0 Å². The van der Waals surface area contributed by atoms with E-state index < -0.39 is 0 Å². The highest BCUT2D eigenvalue weighted by Crippen LogP contribution is 2.35. The minimum absolute atomic E-state index is 0.126. The maximum Gasteiger partial charge on any atom is 0.261 e. The first-order valence-electron chi connectivity index (χ1n) is 9.41. The Morgan fingerprint density at radius 1 is 1.19 bits per heavy atom. The predicted molar refractivity (Wildman–Crippen MR) is 103 cm³/mol. The van der Waals surface area contributed by atoms with E-state index in [0.717, 1.165) is 49.2 Å². The van der Waals surface area contributed by atoms with E-state index in [-0.39, 0.29) is 11.6 Å². The van der Waals surface area contributed by atoms with Crippen LogP contribution in [0, 0.1) is 5.92 Å². The van der Waals surface area contributed by atoms with E-state index in [9.17, 15) is 4.79 Å². The van der Waals surface area contributed by atoms with E-state index in [0.29, 0.717) is 5.92 Å². The summed E-state index contributed by atoms with van der Waals surface area (Å²) in [5.41, 5.74) is 2.20. The second-order valence-corrected chi connectivity index (χ2v) is 8.16. The fraction of sp³-hybridized carbons (Fsp3) is 0.450. The summed E-state index contributed by atoms with van der Waals surface area (Å²) >= 11 is 1.50. The number of rotatable bonds is 5. The lowest BCUT2D eigenvalue weighted by Gasteiger charge is -2.26. The summed E-state index contributed by atoms with van der Waals surface area (Å²) in [6.45, 7) is 2.75. The maximum absolute atomic E-state index is 13.2. The molecule has 2 aliphatic rings. The van der Waals surface area contributed by atoms with Crippen molar-refractivity contribution in [3.05, 3.63) is 57.6 Å². The van der Waals surface area contributed by atoms with Crippen LogP contribution in [0.15, 0.2) is 40.6 Å². The quantitative estimate of drug-likeness (QED) is 0.692. The molecule has 0 N–H and O–H groups in total. The Bertz CT molecular complexity index is 977. The Kier molecular flexibility index (Phi) is 4.10. The number of nitrogens with zero attached hydrogens (tertiary/aromatic N) is 4. The van der Waals surface area contributed by atoms with Gasteiger partial charge in [0.05, 0.1) is 16.9 Å². The summed E-state index contributed by atoms with van der Waals surface area (Å²) < 4.78 is 6.21. The van der Waals surface area contributed by atoms with E-state index >= 15 is 0 Å². The molecule has 5 rings (SSSR count). The highest BCUT2D eigenvalue weighted by molar-refractivity contribution is 7.03. The van der Waals surface area contributed by atoms with Gasteiger partial charge in [-0.05, 0) is 67.4 Å². The first-order valence-corrected chi connectivity index (χ1v) is 10.2. The normalized spacial score (nSPS) is 20.8. The van der Waals surface area contributed by atoms with Crippen molar-refractivity contribution in [3.8, 4) is 0 Å². The van der Waals surface area contributed by atoms with Crippen LogP contribution in [0.2, 0.25) is 0 Å². The van der Waals surface area contributed by atoms with Gasteiger partial charge in [0.15, 0.2) is 0 Å². The zero-order chi connectivity index (χ0) is 17.5. The lowest BCUT2D eigenvalue weighted by Crippen LogP contribution is -2.32. The van der Waals surface area contributed by atoms with Crippen molar-refractivity contribution in [2.75, 3.05) is 6.54 Å². The lowest BCUT2D eigenvalue weighted by molar-refractivity contribution is 0.232. The fourth-order valence-corrected chi connectivity index (χ4v) is 4.55. The number of likely N-dealkylation sites (tertiary alicyclic amines) is 1. The zero-order valence-electron chi connectivity index (χ0n) is 14.7. The Balaban J connectivity index is 1.58. The lowest BCUT2D eigenvalue weighted by atomic mass is 10.1. The first kappa shape index (κ1) is 16.1. The molecular formula is C20H22N4OS. The van der Waals surface area contributed by atoms with E-state index in [2.05, 4.69) is 14.7 Å². The molecule has 1 atom stereocenters. The van der Waals surface area contributed by atoms with Crippen LogP contribution in [0.4, 0.5) is 0 Å². The van der Waals surface area contributed by atoms with Gasteiger partial charge in [-0.3, -0.25) is 14.3 Å². The van der Waals surface area contributed by atoms with Gasteiger partial charge in [0.1, 0.15) is 5.82 Å². The Morgan fingerprint density at radius 2 is 2.08 bits per heavy atom.